The van der Waals surface area contributed by atoms with E-state index in [-0.39, 0.29) is 28.6 Å². The molecule has 1 amide bonds. The lowest BCUT2D eigenvalue weighted by Crippen LogP contribution is -2.31. The number of alkyl halides is 3. The SMILES string of the molecule is O=C(CCc1ccc(S(=O)(=O)N2CCCCCC2)cc1)Nc1ccccc1NCC(F)(F)F. The van der Waals surface area contributed by atoms with Crippen molar-refractivity contribution in [1.29, 1.82) is 0 Å². The number of halogens is 3. The van der Waals surface area contributed by atoms with Crippen LogP contribution < -0.4 is 10.6 Å². The Bertz CT molecular complexity index is 1030. The van der Waals surface area contributed by atoms with Crippen molar-refractivity contribution < 1.29 is 26.4 Å². The Hall–Kier alpha value is -2.59. The normalized spacial score (nSPS) is 15.6. The minimum atomic E-state index is -4.37. The van der Waals surface area contributed by atoms with Gasteiger partial charge in [-0.25, -0.2) is 8.42 Å². The molecule has 0 aromatic heterocycles. The molecule has 6 nitrogen and oxygen atoms in total. The summed E-state index contributed by atoms with van der Waals surface area (Å²) in [6, 6.07) is 12.7. The van der Waals surface area contributed by atoms with Gasteiger partial charge in [0.05, 0.1) is 16.3 Å². The number of carbonyl (C=O) groups excluding carboxylic acids is 1. The summed E-state index contributed by atoms with van der Waals surface area (Å²) >= 11 is 0. The first kappa shape index (κ1) is 25.0. The van der Waals surface area contributed by atoms with E-state index in [4.69, 9.17) is 0 Å². The molecule has 1 fully saturated rings. The van der Waals surface area contributed by atoms with Gasteiger partial charge < -0.3 is 10.6 Å². The van der Waals surface area contributed by atoms with Crippen LogP contribution in [0.25, 0.3) is 0 Å². The highest BCUT2D eigenvalue weighted by Crippen LogP contribution is 2.24. The van der Waals surface area contributed by atoms with Gasteiger partial charge in [0.25, 0.3) is 0 Å². The minimum Gasteiger partial charge on any atom is -0.375 e. The lowest BCUT2D eigenvalue weighted by molar-refractivity contribution is -0.116. The van der Waals surface area contributed by atoms with E-state index in [0.717, 1.165) is 31.2 Å². The molecule has 0 radical (unpaired) electrons. The monoisotopic (exact) mass is 483 g/mol. The van der Waals surface area contributed by atoms with E-state index in [1.54, 1.807) is 36.4 Å². The van der Waals surface area contributed by atoms with Crippen molar-refractivity contribution in [2.75, 3.05) is 30.3 Å². The van der Waals surface area contributed by atoms with E-state index in [1.807, 2.05) is 0 Å². The zero-order valence-electron chi connectivity index (χ0n) is 18.2. The summed E-state index contributed by atoms with van der Waals surface area (Å²) in [5, 5.41) is 4.91. The maximum absolute atomic E-state index is 12.9. The van der Waals surface area contributed by atoms with Crippen LogP contribution >= 0.6 is 0 Å². The third-order valence-electron chi connectivity index (χ3n) is 5.45. The first-order chi connectivity index (χ1) is 15.6. The highest BCUT2D eigenvalue weighted by Gasteiger charge is 2.27. The van der Waals surface area contributed by atoms with E-state index >= 15 is 0 Å². The van der Waals surface area contributed by atoms with Gasteiger partial charge >= 0.3 is 6.18 Å². The molecule has 1 aliphatic rings. The molecule has 180 valence electrons. The Morgan fingerprint density at radius 3 is 2.12 bits per heavy atom. The fourth-order valence-corrected chi connectivity index (χ4v) is 5.19. The topological polar surface area (TPSA) is 78.5 Å². The standard InChI is InChI=1S/C23H28F3N3O3S/c24-23(25,26)17-27-20-7-3-4-8-21(20)28-22(30)14-11-18-9-12-19(13-10-18)33(31,32)29-15-5-1-2-6-16-29/h3-4,7-10,12-13,27H,1-2,5-6,11,14-17H2,(H,28,30). The number of sulfonamides is 1. The van der Waals surface area contributed by atoms with Crippen LogP contribution in [-0.4, -0.2) is 44.4 Å². The third-order valence-corrected chi connectivity index (χ3v) is 7.36. The summed E-state index contributed by atoms with van der Waals surface area (Å²) in [5.41, 5.74) is 1.25. The molecule has 3 rings (SSSR count). The summed E-state index contributed by atoms with van der Waals surface area (Å²) in [7, 11) is -3.53. The maximum atomic E-state index is 12.9. The molecule has 0 unspecified atom stereocenters. The lowest BCUT2D eigenvalue weighted by atomic mass is 10.1. The number of hydrogen-bond donors (Lipinski definition) is 2. The van der Waals surface area contributed by atoms with Gasteiger partial charge in [-0.2, -0.15) is 17.5 Å². The van der Waals surface area contributed by atoms with Crippen molar-refractivity contribution in [1.82, 2.24) is 4.31 Å². The van der Waals surface area contributed by atoms with Crippen LogP contribution in [0, 0.1) is 0 Å². The van der Waals surface area contributed by atoms with Crippen LogP contribution in [-0.2, 0) is 21.2 Å². The average molecular weight is 484 g/mol. The summed E-state index contributed by atoms with van der Waals surface area (Å²) in [6.07, 6.45) is -0.0990. The van der Waals surface area contributed by atoms with Gasteiger partial charge in [-0.05, 0) is 49.1 Å². The molecule has 2 aromatic carbocycles. The average Bonchev–Trinajstić information content (AvgIpc) is 3.07. The first-order valence-corrected chi connectivity index (χ1v) is 12.4. The molecular formula is C23H28F3N3O3S. The van der Waals surface area contributed by atoms with Crippen molar-refractivity contribution in [3.05, 3.63) is 54.1 Å². The Balaban J connectivity index is 1.56. The second kappa shape index (κ2) is 11.0. The molecule has 0 aliphatic carbocycles. The summed E-state index contributed by atoms with van der Waals surface area (Å²) in [5.74, 6) is -0.350. The maximum Gasteiger partial charge on any atom is 0.405 e. The number of amides is 1. The summed E-state index contributed by atoms with van der Waals surface area (Å²) < 4.78 is 64.7. The summed E-state index contributed by atoms with van der Waals surface area (Å²) in [4.78, 5) is 12.6. The molecule has 10 heteroatoms. The molecule has 1 heterocycles. The van der Waals surface area contributed by atoms with Crippen molar-refractivity contribution >= 4 is 27.3 Å². The van der Waals surface area contributed by atoms with Crippen LogP contribution in [0.15, 0.2) is 53.4 Å². The second-order valence-electron chi connectivity index (χ2n) is 8.02. The highest BCUT2D eigenvalue weighted by atomic mass is 32.2. The number of carbonyl (C=O) groups is 1. The molecule has 2 aromatic rings. The van der Waals surface area contributed by atoms with Crippen LogP contribution in [0.2, 0.25) is 0 Å². The van der Waals surface area contributed by atoms with Crippen molar-refractivity contribution in [3.63, 3.8) is 0 Å². The van der Waals surface area contributed by atoms with E-state index in [0.29, 0.717) is 19.5 Å². The fraction of sp³-hybridized carbons (Fsp3) is 0.435. The zero-order chi connectivity index (χ0) is 23.9. The van der Waals surface area contributed by atoms with E-state index in [1.165, 1.54) is 16.4 Å². The van der Waals surface area contributed by atoms with E-state index in [2.05, 4.69) is 10.6 Å². The number of nitrogens with one attached hydrogen (secondary N) is 2. The predicted molar refractivity (Wildman–Crippen MR) is 122 cm³/mol. The van der Waals surface area contributed by atoms with Gasteiger partial charge in [0.2, 0.25) is 15.9 Å². The van der Waals surface area contributed by atoms with Crippen molar-refractivity contribution in [3.8, 4) is 0 Å². The fourth-order valence-electron chi connectivity index (χ4n) is 3.67. The van der Waals surface area contributed by atoms with Crippen LogP contribution in [0.3, 0.4) is 0 Å². The van der Waals surface area contributed by atoms with E-state index in [9.17, 15) is 26.4 Å². The molecule has 0 bridgehead atoms. The Morgan fingerprint density at radius 1 is 0.909 bits per heavy atom. The molecule has 0 atom stereocenters. The molecule has 1 aliphatic heterocycles. The number of rotatable bonds is 8. The van der Waals surface area contributed by atoms with Gasteiger partial charge in [-0.3, -0.25) is 4.79 Å². The van der Waals surface area contributed by atoms with Crippen LogP contribution in [0.4, 0.5) is 24.5 Å². The molecule has 2 N–H and O–H groups in total. The number of hydrogen-bond acceptors (Lipinski definition) is 4. The molecule has 0 spiro atoms. The predicted octanol–water partition coefficient (Wildman–Crippen LogP) is 4.80. The smallest absolute Gasteiger partial charge is 0.375 e. The van der Waals surface area contributed by atoms with Crippen molar-refractivity contribution in [2.45, 2.75) is 49.6 Å². The van der Waals surface area contributed by atoms with Gasteiger partial charge in [-0.1, -0.05) is 37.1 Å². The van der Waals surface area contributed by atoms with Gasteiger partial charge in [0.15, 0.2) is 0 Å². The molecule has 33 heavy (non-hydrogen) atoms. The molecule has 1 saturated heterocycles. The largest absolute Gasteiger partial charge is 0.405 e. The highest BCUT2D eigenvalue weighted by molar-refractivity contribution is 7.89. The third kappa shape index (κ3) is 7.46. The Kier molecular flexibility index (Phi) is 8.36. The van der Waals surface area contributed by atoms with Gasteiger partial charge in [0, 0.05) is 19.5 Å². The number of benzene rings is 2. The quantitative estimate of drug-likeness (QED) is 0.566. The number of para-hydroxylation sites is 2. The molecule has 0 saturated carbocycles. The van der Waals surface area contributed by atoms with E-state index < -0.39 is 22.7 Å². The number of nitrogens with zero attached hydrogens (tertiary/aromatic N) is 1. The Labute approximate surface area is 192 Å². The second-order valence-corrected chi connectivity index (χ2v) is 9.96. The number of aryl methyl sites for hydroxylation is 1. The van der Waals surface area contributed by atoms with Gasteiger partial charge in [-0.15, -0.1) is 0 Å². The van der Waals surface area contributed by atoms with Crippen LogP contribution in [0.1, 0.15) is 37.7 Å². The summed E-state index contributed by atoms with van der Waals surface area (Å²) in [6.45, 7) is -0.139. The Morgan fingerprint density at radius 2 is 1.52 bits per heavy atom. The minimum absolute atomic E-state index is 0.103. The zero-order valence-corrected chi connectivity index (χ0v) is 19.0. The lowest BCUT2D eigenvalue weighted by Gasteiger charge is -2.20. The molecular weight excluding hydrogens is 455 g/mol. The van der Waals surface area contributed by atoms with Gasteiger partial charge in [0.1, 0.15) is 6.54 Å². The first-order valence-electron chi connectivity index (χ1n) is 10.9. The number of anilines is 2. The van der Waals surface area contributed by atoms with Crippen molar-refractivity contribution in [2.24, 2.45) is 0 Å². The van der Waals surface area contributed by atoms with Crippen LogP contribution in [0.5, 0.6) is 0 Å².